The molecule has 10 nitrogen and oxygen atoms in total. The summed E-state index contributed by atoms with van der Waals surface area (Å²) in [6, 6.07) is 11.9. The highest BCUT2D eigenvalue weighted by molar-refractivity contribution is 7.89. The van der Waals surface area contributed by atoms with E-state index in [-0.39, 0.29) is 24.7 Å². The van der Waals surface area contributed by atoms with Gasteiger partial charge in [0.05, 0.1) is 7.11 Å². The standard InChI is InChI=1S/C24H26ClN5O5S/c1-28(2)22(26)15-4-6-16(7-5-15)23(31)30-11-10-29(14-20(30)24(32)35-3)36(33,34)21-13-17-12-18(25)8-9-19(17)27-21/h4-9,12-13,20,26-27H,10-11,14H2,1-3H3. The monoisotopic (exact) mass is 531 g/mol. The zero-order chi connectivity index (χ0) is 26.2. The number of nitrogens with zero attached hydrogens (tertiary/aromatic N) is 3. The normalized spacial score (nSPS) is 16.7. The Morgan fingerprint density at radius 2 is 1.75 bits per heavy atom. The van der Waals surface area contributed by atoms with Crippen LogP contribution in [0, 0.1) is 5.41 Å². The van der Waals surface area contributed by atoms with Crippen LogP contribution >= 0.6 is 11.6 Å². The summed E-state index contributed by atoms with van der Waals surface area (Å²) in [5, 5.41) is 9.17. The molecule has 0 saturated carbocycles. The molecule has 1 unspecified atom stereocenters. The molecule has 12 heteroatoms. The number of ether oxygens (including phenoxy) is 1. The second kappa shape index (κ2) is 9.92. The van der Waals surface area contributed by atoms with E-state index < -0.39 is 27.9 Å². The van der Waals surface area contributed by atoms with Crippen LogP contribution in [0.5, 0.6) is 0 Å². The first kappa shape index (κ1) is 25.7. The molecule has 36 heavy (non-hydrogen) atoms. The number of esters is 1. The van der Waals surface area contributed by atoms with Gasteiger partial charge in [-0.25, -0.2) is 13.2 Å². The first-order valence-corrected chi connectivity index (χ1v) is 12.9. The summed E-state index contributed by atoms with van der Waals surface area (Å²) in [5.74, 6) is -0.845. The Bertz CT molecular complexity index is 1430. The molecule has 1 atom stereocenters. The van der Waals surface area contributed by atoms with E-state index in [1.807, 2.05) is 0 Å². The highest BCUT2D eigenvalue weighted by Crippen LogP contribution is 2.26. The van der Waals surface area contributed by atoms with E-state index in [4.69, 9.17) is 21.7 Å². The van der Waals surface area contributed by atoms with E-state index in [9.17, 15) is 18.0 Å². The Morgan fingerprint density at radius 3 is 2.39 bits per heavy atom. The summed E-state index contributed by atoms with van der Waals surface area (Å²) in [6.45, 7) is -0.250. The molecule has 0 radical (unpaired) electrons. The second-order valence-electron chi connectivity index (χ2n) is 8.59. The molecule has 190 valence electrons. The number of halogens is 1. The fourth-order valence-electron chi connectivity index (χ4n) is 4.11. The summed E-state index contributed by atoms with van der Waals surface area (Å²) in [4.78, 5) is 31.8. The smallest absolute Gasteiger partial charge is 0.329 e. The van der Waals surface area contributed by atoms with Crippen molar-refractivity contribution in [2.75, 3.05) is 40.8 Å². The molecule has 1 aromatic heterocycles. The van der Waals surface area contributed by atoms with Gasteiger partial charge in [-0.1, -0.05) is 23.7 Å². The zero-order valence-corrected chi connectivity index (χ0v) is 21.6. The number of fused-ring (bicyclic) bond motifs is 1. The van der Waals surface area contributed by atoms with E-state index in [0.717, 1.165) is 0 Å². The maximum absolute atomic E-state index is 13.4. The maximum Gasteiger partial charge on any atom is 0.329 e. The van der Waals surface area contributed by atoms with Crippen LogP contribution in [-0.4, -0.2) is 92.1 Å². The van der Waals surface area contributed by atoms with Crippen molar-refractivity contribution in [3.63, 3.8) is 0 Å². The van der Waals surface area contributed by atoms with Crippen LogP contribution in [0.25, 0.3) is 10.9 Å². The fourth-order valence-corrected chi connectivity index (χ4v) is 5.74. The van der Waals surface area contributed by atoms with E-state index in [1.165, 1.54) is 22.4 Å². The number of rotatable bonds is 5. The Hall–Kier alpha value is -3.41. The Balaban J connectivity index is 1.58. The number of aromatic nitrogens is 1. The lowest BCUT2D eigenvalue weighted by Crippen LogP contribution is -2.59. The lowest BCUT2D eigenvalue weighted by molar-refractivity contribution is -0.147. The molecule has 1 amide bonds. The van der Waals surface area contributed by atoms with Crippen LogP contribution in [0.3, 0.4) is 0 Å². The van der Waals surface area contributed by atoms with Gasteiger partial charge in [0.2, 0.25) is 0 Å². The van der Waals surface area contributed by atoms with E-state index in [1.54, 1.807) is 61.5 Å². The van der Waals surface area contributed by atoms with Crippen molar-refractivity contribution < 1.29 is 22.7 Å². The van der Waals surface area contributed by atoms with Crippen molar-refractivity contribution in [3.8, 4) is 0 Å². The highest BCUT2D eigenvalue weighted by Gasteiger charge is 2.41. The molecule has 0 spiro atoms. The minimum Gasteiger partial charge on any atom is -0.467 e. The van der Waals surface area contributed by atoms with Crippen molar-refractivity contribution in [1.29, 1.82) is 5.41 Å². The SMILES string of the molecule is COC(=O)C1CN(S(=O)(=O)c2cc3cc(Cl)ccc3[nH]2)CCN1C(=O)c1ccc(C(=N)N(C)C)cc1. The molecule has 1 saturated heterocycles. The number of aromatic amines is 1. The quantitative estimate of drug-likeness (QED) is 0.296. The van der Waals surface area contributed by atoms with Crippen molar-refractivity contribution in [2.24, 2.45) is 0 Å². The minimum absolute atomic E-state index is 0.000838. The predicted octanol–water partition coefficient (Wildman–Crippen LogP) is 2.40. The van der Waals surface area contributed by atoms with E-state index >= 15 is 0 Å². The summed E-state index contributed by atoms with van der Waals surface area (Å²) in [6.07, 6.45) is 0. The van der Waals surface area contributed by atoms with Crippen LogP contribution in [-0.2, 0) is 19.6 Å². The van der Waals surface area contributed by atoms with Crippen molar-refractivity contribution in [2.45, 2.75) is 11.1 Å². The van der Waals surface area contributed by atoms with Gasteiger partial charge in [0.25, 0.3) is 15.9 Å². The van der Waals surface area contributed by atoms with Crippen LogP contribution in [0.15, 0.2) is 53.6 Å². The summed E-state index contributed by atoms with van der Waals surface area (Å²) in [7, 11) is 0.710. The van der Waals surface area contributed by atoms with Crippen LogP contribution < -0.4 is 0 Å². The van der Waals surface area contributed by atoms with Crippen molar-refractivity contribution in [3.05, 3.63) is 64.7 Å². The van der Waals surface area contributed by atoms with Gasteiger partial charge >= 0.3 is 5.97 Å². The summed E-state index contributed by atoms with van der Waals surface area (Å²) in [5.41, 5.74) is 1.57. The number of carbonyl (C=O) groups excluding carboxylic acids is 2. The van der Waals surface area contributed by atoms with E-state index in [2.05, 4.69) is 4.98 Å². The number of carbonyl (C=O) groups is 2. The topological polar surface area (TPSA) is 127 Å². The molecular formula is C24H26ClN5O5S. The number of hydrogen-bond acceptors (Lipinski definition) is 6. The van der Waals surface area contributed by atoms with Crippen LogP contribution in [0.4, 0.5) is 0 Å². The number of methoxy groups -OCH3 is 1. The van der Waals surface area contributed by atoms with Gasteiger partial charge in [0.15, 0.2) is 0 Å². The zero-order valence-electron chi connectivity index (χ0n) is 20.0. The molecule has 2 N–H and O–H groups in total. The lowest BCUT2D eigenvalue weighted by atomic mass is 10.1. The molecule has 3 aromatic rings. The van der Waals surface area contributed by atoms with Gasteiger partial charge in [0, 0.05) is 60.8 Å². The number of nitrogens with one attached hydrogen (secondary N) is 2. The molecule has 1 fully saturated rings. The molecule has 1 aliphatic rings. The van der Waals surface area contributed by atoms with Crippen molar-refractivity contribution in [1.82, 2.24) is 19.1 Å². The summed E-state index contributed by atoms with van der Waals surface area (Å²) >= 11 is 6.02. The van der Waals surface area contributed by atoms with Crippen LogP contribution in [0.2, 0.25) is 5.02 Å². The fraction of sp³-hybridized carbons (Fsp3) is 0.292. The number of piperazine rings is 1. The number of H-pyrrole nitrogens is 1. The molecule has 2 aromatic carbocycles. The average molecular weight is 532 g/mol. The molecule has 2 heterocycles. The maximum atomic E-state index is 13.4. The van der Waals surface area contributed by atoms with Gasteiger partial charge in [-0.15, -0.1) is 0 Å². The summed E-state index contributed by atoms with van der Waals surface area (Å²) < 4.78 is 32.8. The number of amidine groups is 1. The number of sulfonamides is 1. The molecule has 1 aliphatic heterocycles. The largest absolute Gasteiger partial charge is 0.467 e. The molecule has 4 rings (SSSR count). The Morgan fingerprint density at radius 1 is 1.08 bits per heavy atom. The minimum atomic E-state index is -3.99. The lowest BCUT2D eigenvalue weighted by Gasteiger charge is -2.39. The van der Waals surface area contributed by atoms with Gasteiger partial charge < -0.3 is 19.5 Å². The first-order valence-electron chi connectivity index (χ1n) is 11.1. The average Bonchev–Trinajstić information content (AvgIpc) is 3.31. The van der Waals surface area contributed by atoms with Gasteiger partial charge in [0.1, 0.15) is 16.9 Å². The first-order chi connectivity index (χ1) is 17.0. The number of benzene rings is 2. The van der Waals surface area contributed by atoms with Gasteiger partial charge in [-0.3, -0.25) is 10.2 Å². The Labute approximate surface area is 213 Å². The molecule has 0 bridgehead atoms. The third kappa shape index (κ3) is 4.81. The highest BCUT2D eigenvalue weighted by atomic mass is 35.5. The van der Waals surface area contributed by atoms with E-state index in [0.29, 0.717) is 32.9 Å². The molecule has 0 aliphatic carbocycles. The second-order valence-corrected chi connectivity index (χ2v) is 10.9. The number of hydrogen-bond donors (Lipinski definition) is 2. The third-order valence-corrected chi connectivity index (χ3v) is 8.13. The number of amides is 1. The van der Waals surface area contributed by atoms with Gasteiger partial charge in [-0.05, 0) is 36.4 Å². The molecular weight excluding hydrogens is 506 g/mol. The van der Waals surface area contributed by atoms with Crippen molar-refractivity contribution >= 4 is 50.2 Å². The predicted molar refractivity (Wildman–Crippen MR) is 136 cm³/mol. The third-order valence-electron chi connectivity index (χ3n) is 6.11. The Kier molecular flexibility index (Phi) is 7.07. The van der Waals surface area contributed by atoms with Gasteiger partial charge in [-0.2, -0.15) is 4.31 Å². The van der Waals surface area contributed by atoms with Crippen LogP contribution in [0.1, 0.15) is 15.9 Å².